The van der Waals surface area contributed by atoms with Gasteiger partial charge in [0.15, 0.2) is 39.7 Å². The van der Waals surface area contributed by atoms with Crippen LogP contribution in [0.4, 0.5) is 0 Å². The van der Waals surface area contributed by atoms with Gasteiger partial charge in [-0.15, -0.1) is 0 Å². The fourth-order valence-corrected chi connectivity index (χ4v) is 2.41. The molecule has 0 aliphatic heterocycles. The second-order valence-corrected chi connectivity index (χ2v) is 5.62. The van der Waals surface area contributed by atoms with Gasteiger partial charge in [0.05, 0.1) is 7.11 Å². The van der Waals surface area contributed by atoms with E-state index in [-0.39, 0.29) is 39.7 Å². The summed E-state index contributed by atoms with van der Waals surface area (Å²) in [7, 11) is 1.46. The maximum Gasteiger partial charge on any atom is 0.271 e. The highest BCUT2D eigenvalue weighted by molar-refractivity contribution is 6.31. The number of hydrogen-bond donors (Lipinski definition) is 2. The van der Waals surface area contributed by atoms with Gasteiger partial charge in [-0.3, -0.25) is 9.59 Å². The number of carbonyl (C=O) groups is 2. The molecule has 4 N–H and O–H groups in total. The van der Waals surface area contributed by atoms with Gasteiger partial charge in [-0.05, 0) is 18.2 Å². The third-order valence-corrected chi connectivity index (χ3v) is 3.70. The maximum absolute atomic E-state index is 11.9. The van der Waals surface area contributed by atoms with E-state index in [1.807, 2.05) is 0 Å². The molecule has 142 valence electrons. The van der Waals surface area contributed by atoms with E-state index in [1.165, 1.54) is 19.4 Å². The zero-order chi connectivity index (χ0) is 20.3. The van der Waals surface area contributed by atoms with Crippen molar-refractivity contribution in [3.05, 3.63) is 53.1 Å². The molecule has 28 heavy (non-hydrogen) atoms. The quantitative estimate of drug-likeness (QED) is 0.590. The summed E-state index contributed by atoms with van der Waals surface area (Å²) >= 11 is 6.20. The number of ether oxygens (including phenoxy) is 2. The molecule has 0 atom stereocenters. The summed E-state index contributed by atoms with van der Waals surface area (Å²) in [6.45, 7) is 0. The molecule has 2 amide bonds. The first-order valence-corrected chi connectivity index (χ1v) is 8.10. The predicted molar refractivity (Wildman–Crippen MR) is 98.2 cm³/mol. The molecule has 11 heteroatoms. The molecule has 0 bridgehead atoms. The summed E-state index contributed by atoms with van der Waals surface area (Å²) in [5.41, 5.74) is 10.3. The molecule has 0 radical (unpaired) electrons. The Hall–Kier alpha value is -3.79. The van der Waals surface area contributed by atoms with E-state index in [0.29, 0.717) is 5.75 Å². The fraction of sp³-hybridized carbons (Fsp3) is 0.0588. The number of hydrogen-bond acceptors (Lipinski definition) is 8. The monoisotopic (exact) mass is 400 g/mol. The van der Waals surface area contributed by atoms with Crippen LogP contribution >= 0.6 is 11.6 Å². The van der Waals surface area contributed by atoms with Crippen molar-refractivity contribution in [1.82, 2.24) is 19.9 Å². The number of rotatable bonds is 6. The first kappa shape index (κ1) is 19.0. The van der Waals surface area contributed by atoms with Gasteiger partial charge in [0.2, 0.25) is 0 Å². The van der Waals surface area contributed by atoms with Crippen LogP contribution < -0.4 is 20.9 Å². The van der Waals surface area contributed by atoms with Crippen LogP contribution in [0.2, 0.25) is 5.15 Å². The minimum absolute atomic E-state index is 0.0558. The standard InChI is InChI=1S/C17H13ClN6O4/c1-27-9-4-2-3-5-10(9)28-12-11(15(20)26)23-17(24-13(12)18)16-21-7-6-8(22-16)14(19)25/h2-7H,1H3,(H2,19,25)(H2,20,26). The van der Waals surface area contributed by atoms with E-state index in [2.05, 4.69) is 19.9 Å². The second kappa shape index (κ2) is 7.84. The van der Waals surface area contributed by atoms with Crippen LogP contribution in [0, 0.1) is 0 Å². The number of benzene rings is 1. The van der Waals surface area contributed by atoms with Crippen LogP contribution in [0.3, 0.4) is 0 Å². The molecule has 0 saturated heterocycles. The summed E-state index contributed by atoms with van der Waals surface area (Å²) in [5, 5.41) is -0.210. The first-order chi connectivity index (χ1) is 13.4. The molecular formula is C17H13ClN6O4. The molecule has 0 fully saturated rings. The molecule has 2 aromatic heterocycles. The zero-order valence-corrected chi connectivity index (χ0v) is 15.2. The molecule has 3 aromatic rings. The number of halogens is 1. The molecule has 0 spiro atoms. The fourth-order valence-electron chi connectivity index (χ4n) is 2.20. The van der Waals surface area contributed by atoms with Gasteiger partial charge in [0.1, 0.15) is 5.69 Å². The SMILES string of the molecule is COc1ccccc1Oc1c(Cl)nc(-c2nccc(C(N)=O)n2)nc1C(N)=O. The van der Waals surface area contributed by atoms with Crippen molar-refractivity contribution in [2.75, 3.05) is 7.11 Å². The number of methoxy groups -OCH3 is 1. The summed E-state index contributed by atoms with van der Waals surface area (Å²) in [4.78, 5) is 39.2. The summed E-state index contributed by atoms with van der Waals surface area (Å²) < 4.78 is 10.9. The number of nitrogens with zero attached hydrogens (tertiary/aromatic N) is 4. The predicted octanol–water partition coefficient (Wildman–Crippen LogP) is 1.59. The van der Waals surface area contributed by atoms with Crippen LogP contribution in [-0.4, -0.2) is 38.9 Å². The highest BCUT2D eigenvalue weighted by Gasteiger charge is 2.22. The number of aromatic nitrogens is 4. The molecular weight excluding hydrogens is 388 g/mol. The van der Waals surface area contributed by atoms with Crippen LogP contribution in [0.15, 0.2) is 36.5 Å². The van der Waals surface area contributed by atoms with Crippen molar-refractivity contribution >= 4 is 23.4 Å². The van der Waals surface area contributed by atoms with Gasteiger partial charge >= 0.3 is 0 Å². The molecule has 0 saturated carbocycles. The van der Waals surface area contributed by atoms with Crippen molar-refractivity contribution in [3.8, 4) is 28.9 Å². The second-order valence-electron chi connectivity index (χ2n) is 5.26. The Bertz CT molecular complexity index is 1080. The number of para-hydroxylation sites is 2. The summed E-state index contributed by atoms with van der Waals surface area (Å²) in [6, 6.07) is 8.03. The molecule has 1 aromatic carbocycles. The minimum Gasteiger partial charge on any atom is -0.493 e. The number of primary amides is 2. The summed E-state index contributed by atoms with van der Waals surface area (Å²) in [5.74, 6) is -1.36. The third kappa shape index (κ3) is 3.81. The molecule has 0 aliphatic carbocycles. The largest absolute Gasteiger partial charge is 0.493 e. The zero-order valence-electron chi connectivity index (χ0n) is 14.4. The van der Waals surface area contributed by atoms with Crippen LogP contribution in [0.1, 0.15) is 21.0 Å². The van der Waals surface area contributed by atoms with Crippen LogP contribution in [0.25, 0.3) is 11.6 Å². The normalized spacial score (nSPS) is 10.4. The Morgan fingerprint density at radius 2 is 1.68 bits per heavy atom. The first-order valence-electron chi connectivity index (χ1n) is 7.72. The molecule has 3 rings (SSSR count). The van der Waals surface area contributed by atoms with Gasteiger partial charge in [0.25, 0.3) is 11.8 Å². The lowest BCUT2D eigenvalue weighted by molar-refractivity contribution is 0.0985. The lowest BCUT2D eigenvalue weighted by atomic mass is 10.3. The van der Waals surface area contributed by atoms with Gasteiger partial charge in [-0.1, -0.05) is 23.7 Å². The highest BCUT2D eigenvalue weighted by atomic mass is 35.5. The lowest BCUT2D eigenvalue weighted by Crippen LogP contribution is -2.17. The minimum atomic E-state index is -0.915. The van der Waals surface area contributed by atoms with Crippen molar-refractivity contribution < 1.29 is 19.1 Å². The lowest BCUT2D eigenvalue weighted by Gasteiger charge is -2.13. The van der Waals surface area contributed by atoms with Crippen molar-refractivity contribution in [1.29, 1.82) is 0 Å². The third-order valence-electron chi connectivity index (χ3n) is 3.45. The van der Waals surface area contributed by atoms with Gasteiger partial charge in [-0.25, -0.2) is 19.9 Å². The van der Waals surface area contributed by atoms with E-state index in [1.54, 1.807) is 24.3 Å². The average Bonchev–Trinajstić information content (AvgIpc) is 2.69. The maximum atomic E-state index is 11.9. The molecule has 0 aliphatic rings. The average molecular weight is 401 g/mol. The van der Waals surface area contributed by atoms with Gasteiger partial charge in [-0.2, -0.15) is 0 Å². The number of nitrogens with two attached hydrogens (primary N) is 2. The smallest absolute Gasteiger partial charge is 0.271 e. The van der Waals surface area contributed by atoms with Crippen molar-refractivity contribution in [2.45, 2.75) is 0 Å². The van der Waals surface area contributed by atoms with E-state index in [0.717, 1.165) is 0 Å². The molecule has 10 nitrogen and oxygen atoms in total. The Balaban J connectivity index is 2.10. The Morgan fingerprint density at radius 1 is 0.964 bits per heavy atom. The van der Waals surface area contributed by atoms with Crippen molar-refractivity contribution in [3.63, 3.8) is 0 Å². The van der Waals surface area contributed by atoms with Gasteiger partial charge in [0, 0.05) is 6.20 Å². The van der Waals surface area contributed by atoms with E-state index in [9.17, 15) is 9.59 Å². The number of amides is 2. The van der Waals surface area contributed by atoms with Crippen LogP contribution in [0.5, 0.6) is 17.2 Å². The van der Waals surface area contributed by atoms with E-state index < -0.39 is 11.8 Å². The highest BCUT2D eigenvalue weighted by Crippen LogP contribution is 2.36. The van der Waals surface area contributed by atoms with Crippen LogP contribution in [-0.2, 0) is 0 Å². The Kier molecular flexibility index (Phi) is 5.32. The number of carbonyl (C=O) groups excluding carboxylic acids is 2. The molecule has 2 heterocycles. The topological polar surface area (TPSA) is 156 Å². The van der Waals surface area contributed by atoms with E-state index in [4.69, 9.17) is 32.5 Å². The van der Waals surface area contributed by atoms with Crippen molar-refractivity contribution in [2.24, 2.45) is 11.5 Å². The Morgan fingerprint density at radius 3 is 2.32 bits per heavy atom. The van der Waals surface area contributed by atoms with Gasteiger partial charge < -0.3 is 20.9 Å². The Labute approximate surface area is 163 Å². The molecule has 0 unspecified atom stereocenters. The van der Waals surface area contributed by atoms with E-state index >= 15 is 0 Å². The summed E-state index contributed by atoms with van der Waals surface area (Å²) in [6.07, 6.45) is 1.29.